The average molecular weight is 581 g/mol. The van der Waals surface area contributed by atoms with Crippen LogP contribution in [0.5, 0.6) is 0 Å². The molecule has 4 rings (SSSR count). The van der Waals surface area contributed by atoms with Gasteiger partial charge in [0.25, 0.3) is 0 Å². The summed E-state index contributed by atoms with van der Waals surface area (Å²) in [6, 6.07) is 20.9. The number of amides is 2. The van der Waals surface area contributed by atoms with Crippen LogP contribution in [0, 0.1) is 0 Å². The van der Waals surface area contributed by atoms with E-state index in [2.05, 4.69) is 10.6 Å². The van der Waals surface area contributed by atoms with E-state index in [0.29, 0.717) is 22.8 Å². The summed E-state index contributed by atoms with van der Waals surface area (Å²) in [5.74, 6) is -0.997. The van der Waals surface area contributed by atoms with Crippen molar-refractivity contribution in [3.63, 3.8) is 0 Å². The number of carbonyl (C=O) groups excluding carboxylic acids is 2. The Bertz CT molecular complexity index is 1330. The second kappa shape index (κ2) is 14.6. The van der Waals surface area contributed by atoms with Gasteiger partial charge in [-0.15, -0.1) is 11.8 Å². The topological polar surface area (TPSA) is 143 Å². The Hall–Kier alpha value is -3.90. The lowest BCUT2D eigenvalue weighted by Crippen LogP contribution is -2.34. The highest BCUT2D eigenvalue weighted by molar-refractivity contribution is 7.99. The summed E-state index contributed by atoms with van der Waals surface area (Å²) in [7, 11) is 0. The van der Waals surface area contributed by atoms with Crippen LogP contribution in [-0.4, -0.2) is 53.2 Å². The second-order valence-corrected chi connectivity index (χ2v) is 10.3. The van der Waals surface area contributed by atoms with E-state index in [0.717, 1.165) is 16.7 Å². The molecular formula is C30H32N2O8S. The van der Waals surface area contributed by atoms with Gasteiger partial charge in [-0.1, -0.05) is 48.5 Å². The quantitative estimate of drug-likeness (QED) is 0.184. The van der Waals surface area contributed by atoms with Crippen LogP contribution in [0.15, 0.2) is 77.7 Å². The minimum Gasteiger partial charge on any atom is -0.478 e. The summed E-state index contributed by atoms with van der Waals surface area (Å²) in [6.45, 7) is 1.63. The molecule has 0 bridgehead atoms. The number of ether oxygens (including phenoxy) is 3. The first-order chi connectivity index (χ1) is 19.9. The van der Waals surface area contributed by atoms with Crippen LogP contribution >= 0.6 is 11.8 Å². The zero-order chi connectivity index (χ0) is 29.2. The van der Waals surface area contributed by atoms with Gasteiger partial charge in [-0.05, 0) is 42.3 Å². The van der Waals surface area contributed by atoms with Gasteiger partial charge in [-0.25, -0.2) is 9.59 Å². The van der Waals surface area contributed by atoms with Crippen molar-refractivity contribution in [2.24, 2.45) is 0 Å². The molecular weight excluding hydrogens is 548 g/mol. The Morgan fingerprint density at radius 3 is 2.37 bits per heavy atom. The van der Waals surface area contributed by atoms with E-state index in [4.69, 9.17) is 14.2 Å². The number of thioether (sulfide) groups is 1. The van der Waals surface area contributed by atoms with Gasteiger partial charge >= 0.3 is 18.0 Å². The van der Waals surface area contributed by atoms with E-state index in [1.54, 1.807) is 55.5 Å². The SMILES string of the molecule is CCOC(=O)CNC(=O)Nc1ccc(C2OC(CSc3ccccc3C(=O)O)CC(c3ccc(CO)cc3)O2)cc1. The van der Waals surface area contributed by atoms with Gasteiger partial charge in [0, 0.05) is 28.3 Å². The van der Waals surface area contributed by atoms with Crippen molar-refractivity contribution in [1.82, 2.24) is 5.32 Å². The maximum Gasteiger partial charge on any atom is 0.336 e. The molecule has 11 heteroatoms. The number of anilines is 1. The average Bonchev–Trinajstić information content (AvgIpc) is 2.99. The first kappa shape index (κ1) is 30.1. The molecule has 0 aromatic heterocycles. The normalized spacial score (nSPS) is 18.3. The molecule has 1 saturated heterocycles. The Morgan fingerprint density at radius 1 is 0.976 bits per heavy atom. The van der Waals surface area contributed by atoms with E-state index in [1.807, 2.05) is 24.3 Å². The van der Waals surface area contributed by atoms with Crippen LogP contribution in [-0.2, 0) is 25.6 Å². The molecule has 1 heterocycles. The molecule has 41 heavy (non-hydrogen) atoms. The number of benzene rings is 3. The zero-order valence-corrected chi connectivity index (χ0v) is 23.3. The van der Waals surface area contributed by atoms with Crippen molar-refractivity contribution in [2.75, 3.05) is 24.2 Å². The van der Waals surface area contributed by atoms with Gasteiger partial charge in [0.05, 0.1) is 31.0 Å². The number of aliphatic hydroxyl groups excluding tert-OH is 1. The predicted molar refractivity (Wildman–Crippen MR) is 153 cm³/mol. The largest absolute Gasteiger partial charge is 0.478 e. The van der Waals surface area contributed by atoms with Gasteiger partial charge in [-0.2, -0.15) is 0 Å². The number of esters is 1. The molecule has 0 saturated carbocycles. The molecule has 3 aromatic rings. The molecule has 0 aliphatic carbocycles. The highest BCUT2D eigenvalue weighted by Crippen LogP contribution is 2.40. The summed E-state index contributed by atoms with van der Waals surface area (Å²) >= 11 is 1.42. The van der Waals surface area contributed by atoms with Crippen LogP contribution in [0.2, 0.25) is 0 Å². The molecule has 2 amide bonds. The van der Waals surface area contributed by atoms with Crippen LogP contribution in [0.25, 0.3) is 0 Å². The maximum absolute atomic E-state index is 12.1. The Labute approximate surface area is 242 Å². The third-order valence-corrected chi connectivity index (χ3v) is 7.50. The molecule has 3 aromatic carbocycles. The second-order valence-electron chi connectivity index (χ2n) is 9.20. The summed E-state index contributed by atoms with van der Waals surface area (Å²) in [5, 5.41) is 24.1. The molecule has 1 aliphatic heterocycles. The molecule has 4 N–H and O–H groups in total. The molecule has 1 aliphatic rings. The van der Waals surface area contributed by atoms with Crippen molar-refractivity contribution >= 4 is 35.4 Å². The van der Waals surface area contributed by atoms with E-state index in [9.17, 15) is 24.6 Å². The minimum absolute atomic E-state index is 0.0545. The lowest BCUT2D eigenvalue weighted by molar-refractivity contribution is -0.245. The van der Waals surface area contributed by atoms with E-state index in [1.165, 1.54) is 11.8 Å². The Balaban J connectivity index is 1.46. The molecule has 1 fully saturated rings. The highest BCUT2D eigenvalue weighted by atomic mass is 32.2. The smallest absolute Gasteiger partial charge is 0.336 e. The van der Waals surface area contributed by atoms with Crippen LogP contribution in [0.1, 0.15) is 52.8 Å². The molecule has 0 spiro atoms. The number of urea groups is 1. The van der Waals surface area contributed by atoms with E-state index in [-0.39, 0.29) is 37.5 Å². The number of hydrogen-bond donors (Lipinski definition) is 4. The Morgan fingerprint density at radius 2 is 1.68 bits per heavy atom. The van der Waals surface area contributed by atoms with Crippen LogP contribution in [0.3, 0.4) is 0 Å². The van der Waals surface area contributed by atoms with Crippen molar-refractivity contribution in [3.8, 4) is 0 Å². The van der Waals surface area contributed by atoms with Gasteiger partial charge < -0.3 is 35.1 Å². The monoisotopic (exact) mass is 580 g/mol. The summed E-state index contributed by atoms with van der Waals surface area (Å²) in [4.78, 5) is 35.9. The van der Waals surface area contributed by atoms with Gasteiger partial charge in [0.1, 0.15) is 6.54 Å². The van der Waals surface area contributed by atoms with Gasteiger partial charge in [0.15, 0.2) is 6.29 Å². The standard InChI is InChI=1S/C30H32N2O8S/c1-2-38-27(34)16-31-30(37)32-22-13-11-21(12-14-22)29-39-23(18-41-26-6-4-3-5-24(26)28(35)36)15-25(40-29)20-9-7-19(17-33)8-10-20/h3-14,23,25,29,33H,2,15-18H2,1H3,(H,35,36)(H2,31,32,37). The number of carboxylic acids is 1. The number of hydrogen-bond acceptors (Lipinski definition) is 8. The lowest BCUT2D eigenvalue weighted by Gasteiger charge is -2.36. The summed E-state index contributed by atoms with van der Waals surface area (Å²) in [6.07, 6.45) is -0.710. The number of nitrogens with one attached hydrogen (secondary N) is 2. The van der Waals surface area contributed by atoms with E-state index < -0.39 is 24.3 Å². The minimum atomic E-state index is -0.982. The van der Waals surface area contributed by atoms with Crippen molar-refractivity contribution < 1.29 is 38.8 Å². The fourth-order valence-electron chi connectivity index (χ4n) is 4.24. The number of carboxylic acid groups (broad SMARTS) is 1. The third kappa shape index (κ3) is 8.54. The van der Waals surface area contributed by atoms with Gasteiger partial charge in [0.2, 0.25) is 0 Å². The summed E-state index contributed by atoms with van der Waals surface area (Å²) < 4.78 is 17.5. The highest BCUT2D eigenvalue weighted by Gasteiger charge is 2.32. The third-order valence-electron chi connectivity index (χ3n) is 6.30. The van der Waals surface area contributed by atoms with Crippen LogP contribution in [0.4, 0.5) is 10.5 Å². The fourth-order valence-corrected chi connectivity index (χ4v) is 5.30. The molecule has 216 valence electrons. The first-order valence-electron chi connectivity index (χ1n) is 13.1. The molecule has 0 radical (unpaired) electrons. The number of aliphatic hydroxyl groups is 1. The molecule has 3 unspecified atom stereocenters. The maximum atomic E-state index is 12.1. The van der Waals surface area contributed by atoms with Crippen LogP contribution < -0.4 is 10.6 Å². The van der Waals surface area contributed by atoms with Crippen molar-refractivity contribution in [2.45, 2.75) is 43.3 Å². The predicted octanol–water partition coefficient (Wildman–Crippen LogP) is 4.90. The first-order valence-corrected chi connectivity index (χ1v) is 14.1. The van der Waals surface area contributed by atoms with Crippen molar-refractivity contribution in [3.05, 3.63) is 95.1 Å². The number of aromatic carboxylic acids is 1. The van der Waals surface area contributed by atoms with Crippen molar-refractivity contribution in [1.29, 1.82) is 0 Å². The molecule has 10 nitrogen and oxygen atoms in total. The Kier molecular flexibility index (Phi) is 10.7. The zero-order valence-electron chi connectivity index (χ0n) is 22.4. The summed E-state index contributed by atoms with van der Waals surface area (Å²) in [5.41, 5.74) is 3.23. The fraction of sp³-hybridized carbons (Fsp3) is 0.300. The lowest BCUT2D eigenvalue weighted by atomic mass is 10.0. The molecule has 3 atom stereocenters. The number of carbonyl (C=O) groups is 3. The van der Waals surface area contributed by atoms with Gasteiger partial charge in [-0.3, -0.25) is 4.79 Å². The van der Waals surface area contributed by atoms with E-state index >= 15 is 0 Å². The number of rotatable bonds is 11.